The van der Waals surface area contributed by atoms with Crippen LogP contribution in [0, 0.1) is 0 Å². The first kappa shape index (κ1) is 22.8. The molecule has 4 aromatic rings. The number of imide groups is 1. The van der Waals surface area contributed by atoms with E-state index in [1.165, 1.54) is 9.21 Å². The Kier molecular flexibility index (Phi) is 5.55. The molecule has 1 saturated heterocycles. The van der Waals surface area contributed by atoms with Crippen LogP contribution in [0.4, 0.5) is 0 Å². The van der Waals surface area contributed by atoms with Gasteiger partial charge in [-0.1, -0.05) is 42.5 Å². The Balaban J connectivity index is 1.14. The molecule has 8 nitrogen and oxygen atoms in total. The summed E-state index contributed by atoms with van der Waals surface area (Å²) in [6.07, 6.45) is 1.60. The van der Waals surface area contributed by atoms with Gasteiger partial charge >= 0.3 is 0 Å². The van der Waals surface area contributed by atoms with E-state index in [2.05, 4.69) is 4.98 Å². The summed E-state index contributed by atoms with van der Waals surface area (Å²) < 4.78 is 28.3. The zero-order valence-electron chi connectivity index (χ0n) is 19.6. The number of sulfonamides is 1. The van der Waals surface area contributed by atoms with Gasteiger partial charge in [-0.15, -0.1) is 0 Å². The van der Waals surface area contributed by atoms with Crippen LogP contribution in [0.5, 0.6) is 0 Å². The molecule has 2 amide bonds. The van der Waals surface area contributed by atoms with Crippen molar-refractivity contribution in [3.05, 3.63) is 84.1 Å². The summed E-state index contributed by atoms with van der Waals surface area (Å²) in [4.78, 5) is 33.3. The SMILES string of the molecule is O=C1c2cccc3cccc(c23)C(=O)N1CC[NH+]1CCN(S(=O)(=O)c2cccc3cccnc23)CC1. The van der Waals surface area contributed by atoms with Crippen molar-refractivity contribution in [1.82, 2.24) is 14.2 Å². The molecule has 3 aromatic carbocycles. The third kappa shape index (κ3) is 3.67. The lowest BCUT2D eigenvalue weighted by molar-refractivity contribution is -0.902. The molecule has 3 heterocycles. The average Bonchev–Trinajstić information content (AvgIpc) is 2.91. The Hall–Kier alpha value is -3.66. The van der Waals surface area contributed by atoms with Gasteiger partial charge in [0.15, 0.2) is 0 Å². The van der Waals surface area contributed by atoms with Gasteiger partial charge in [-0.3, -0.25) is 19.5 Å². The van der Waals surface area contributed by atoms with Crippen LogP contribution in [0.2, 0.25) is 0 Å². The number of nitrogens with one attached hydrogen (secondary N) is 1. The Morgan fingerprint density at radius 3 is 2.11 bits per heavy atom. The number of quaternary nitrogens is 1. The van der Waals surface area contributed by atoms with Crippen LogP contribution in [-0.4, -0.2) is 73.7 Å². The highest BCUT2D eigenvalue weighted by atomic mass is 32.2. The van der Waals surface area contributed by atoms with E-state index in [-0.39, 0.29) is 23.3 Å². The maximum atomic E-state index is 13.4. The molecule has 0 saturated carbocycles. The fourth-order valence-electron chi connectivity index (χ4n) is 5.27. The quantitative estimate of drug-likeness (QED) is 0.419. The number of carbonyl (C=O) groups is 2. The first-order valence-corrected chi connectivity index (χ1v) is 13.4. The number of carbonyl (C=O) groups excluding carboxylic acids is 2. The minimum absolute atomic E-state index is 0.224. The van der Waals surface area contributed by atoms with E-state index in [1.54, 1.807) is 36.5 Å². The van der Waals surface area contributed by atoms with Gasteiger partial charge in [-0.2, -0.15) is 4.31 Å². The van der Waals surface area contributed by atoms with E-state index in [4.69, 9.17) is 0 Å². The lowest BCUT2D eigenvalue weighted by Crippen LogP contribution is -3.15. The van der Waals surface area contributed by atoms with Gasteiger partial charge in [0.2, 0.25) is 10.0 Å². The summed E-state index contributed by atoms with van der Waals surface area (Å²) in [5, 5.41) is 2.40. The molecule has 2 aliphatic heterocycles. The summed E-state index contributed by atoms with van der Waals surface area (Å²) >= 11 is 0. The third-order valence-corrected chi connectivity index (χ3v) is 9.12. The van der Waals surface area contributed by atoms with E-state index in [9.17, 15) is 18.0 Å². The molecule has 182 valence electrons. The third-order valence-electron chi connectivity index (χ3n) is 7.19. The molecular formula is C27H25N4O4S+. The van der Waals surface area contributed by atoms with Crippen molar-refractivity contribution in [1.29, 1.82) is 0 Å². The van der Waals surface area contributed by atoms with Crippen molar-refractivity contribution in [2.45, 2.75) is 4.90 Å². The number of amides is 2. The number of piperazine rings is 1. The second-order valence-electron chi connectivity index (χ2n) is 9.21. The first-order valence-electron chi connectivity index (χ1n) is 12.0. The highest BCUT2D eigenvalue weighted by Crippen LogP contribution is 2.29. The van der Waals surface area contributed by atoms with Crippen molar-refractivity contribution in [3.8, 4) is 0 Å². The summed E-state index contributed by atoms with van der Waals surface area (Å²) in [6, 6.07) is 19.9. The molecular weight excluding hydrogens is 476 g/mol. The second-order valence-corrected chi connectivity index (χ2v) is 11.1. The predicted molar refractivity (Wildman–Crippen MR) is 135 cm³/mol. The van der Waals surface area contributed by atoms with Crippen LogP contribution in [0.15, 0.2) is 77.8 Å². The van der Waals surface area contributed by atoms with Gasteiger partial charge < -0.3 is 4.90 Å². The van der Waals surface area contributed by atoms with Gasteiger partial charge in [-0.05, 0) is 29.7 Å². The maximum absolute atomic E-state index is 13.4. The van der Waals surface area contributed by atoms with Crippen LogP contribution in [-0.2, 0) is 10.0 Å². The number of rotatable bonds is 5. The van der Waals surface area contributed by atoms with Crippen LogP contribution in [0.3, 0.4) is 0 Å². The van der Waals surface area contributed by atoms with E-state index in [0.29, 0.717) is 49.4 Å². The fraction of sp³-hybridized carbons (Fsp3) is 0.222. The zero-order valence-corrected chi connectivity index (χ0v) is 20.4. The van der Waals surface area contributed by atoms with Crippen molar-refractivity contribution < 1.29 is 22.9 Å². The largest absolute Gasteiger partial charge is 0.331 e. The highest BCUT2D eigenvalue weighted by Gasteiger charge is 2.35. The maximum Gasteiger partial charge on any atom is 0.261 e. The smallest absolute Gasteiger partial charge is 0.261 e. The number of benzene rings is 3. The molecule has 0 aliphatic carbocycles. The fourth-order valence-corrected chi connectivity index (χ4v) is 6.88. The second kappa shape index (κ2) is 8.77. The molecule has 0 atom stereocenters. The summed E-state index contributed by atoms with van der Waals surface area (Å²) in [5.74, 6) is -0.540. The molecule has 6 rings (SSSR count). The zero-order chi connectivity index (χ0) is 24.9. The van der Waals surface area contributed by atoms with Crippen molar-refractivity contribution in [3.63, 3.8) is 0 Å². The van der Waals surface area contributed by atoms with Crippen LogP contribution < -0.4 is 4.90 Å². The molecule has 2 aliphatic rings. The van der Waals surface area contributed by atoms with Gasteiger partial charge in [0.25, 0.3) is 11.8 Å². The molecule has 1 N–H and O–H groups in total. The number of para-hydroxylation sites is 1. The molecule has 0 unspecified atom stereocenters. The summed E-state index contributed by atoms with van der Waals surface area (Å²) in [5.41, 5.74) is 1.59. The standard InChI is InChI=1S/C27H24N4O4S/c32-26-21-9-1-5-19-6-2-10-22(24(19)21)27(33)31(26)18-15-29-13-16-30(17-14-29)36(34,35)23-11-3-7-20-8-4-12-28-25(20)23/h1-12H,13-18H2/p+1. The van der Waals surface area contributed by atoms with Crippen LogP contribution in [0.1, 0.15) is 20.7 Å². The van der Waals surface area contributed by atoms with Crippen LogP contribution in [0.25, 0.3) is 21.7 Å². The van der Waals surface area contributed by atoms with Crippen molar-refractivity contribution >= 4 is 43.5 Å². The van der Waals surface area contributed by atoms with E-state index < -0.39 is 10.0 Å². The Bertz CT molecular complexity index is 1570. The molecule has 36 heavy (non-hydrogen) atoms. The normalized spacial score (nSPS) is 17.3. The van der Waals surface area contributed by atoms with Crippen LogP contribution >= 0.6 is 0 Å². The molecule has 0 bridgehead atoms. The summed E-state index contributed by atoms with van der Waals surface area (Å²) in [6.45, 7) is 2.78. The lowest BCUT2D eigenvalue weighted by Gasteiger charge is -2.33. The van der Waals surface area contributed by atoms with Crippen molar-refractivity contribution in [2.75, 3.05) is 39.3 Å². The van der Waals surface area contributed by atoms with Crippen molar-refractivity contribution in [2.24, 2.45) is 0 Å². The Labute approximate surface area is 208 Å². The number of hydrogen-bond donors (Lipinski definition) is 1. The van der Waals surface area contributed by atoms with E-state index >= 15 is 0 Å². The Morgan fingerprint density at radius 2 is 1.42 bits per heavy atom. The van der Waals surface area contributed by atoms with Gasteiger partial charge in [0.05, 0.1) is 44.8 Å². The minimum atomic E-state index is -3.68. The number of hydrogen-bond acceptors (Lipinski definition) is 5. The molecule has 0 radical (unpaired) electrons. The number of pyridine rings is 1. The van der Waals surface area contributed by atoms with Gasteiger partial charge in [0.1, 0.15) is 4.90 Å². The number of nitrogens with zero attached hydrogens (tertiary/aromatic N) is 3. The summed E-state index contributed by atoms with van der Waals surface area (Å²) in [7, 11) is -3.68. The van der Waals surface area contributed by atoms with E-state index in [0.717, 1.165) is 21.1 Å². The first-order chi connectivity index (χ1) is 17.4. The van der Waals surface area contributed by atoms with E-state index in [1.807, 2.05) is 36.4 Å². The molecule has 1 aromatic heterocycles. The molecule has 1 fully saturated rings. The number of fused-ring (bicyclic) bond motifs is 1. The minimum Gasteiger partial charge on any atom is -0.331 e. The molecule has 9 heteroatoms. The van der Waals surface area contributed by atoms with Gasteiger partial charge in [-0.25, -0.2) is 8.42 Å². The monoisotopic (exact) mass is 501 g/mol. The average molecular weight is 502 g/mol. The highest BCUT2D eigenvalue weighted by molar-refractivity contribution is 7.89. The predicted octanol–water partition coefficient (Wildman–Crippen LogP) is 1.57. The number of aromatic nitrogens is 1. The lowest BCUT2D eigenvalue weighted by atomic mass is 9.94. The Morgan fingerprint density at radius 1 is 0.806 bits per heavy atom. The van der Waals surface area contributed by atoms with Gasteiger partial charge in [0, 0.05) is 28.1 Å². The molecule has 0 spiro atoms. The topological polar surface area (TPSA) is 92.1 Å².